The second-order valence-electron chi connectivity index (χ2n) is 3.69. The molecule has 0 atom stereocenters. The molecule has 0 amide bonds. The van der Waals surface area contributed by atoms with E-state index in [-0.39, 0.29) is 10.6 Å². The van der Waals surface area contributed by atoms with Crippen LogP contribution in [0.25, 0.3) is 0 Å². The van der Waals surface area contributed by atoms with Crippen LogP contribution in [0.5, 0.6) is 11.5 Å². The molecule has 19 heavy (non-hydrogen) atoms. The molecule has 0 unspecified atom stereocenters. The number of rotatable bonds is 3. The molecule has 0 aliphatic heterocycles. The van der Waals surface area contributed by atoms with Crippen molar-refractivity contribution >= 4 is 29.2 Å². The first-order chi connectivity index (χ1) is 9.10. The fourth-order valence-electron chi connectivity index (χ4n) is 1.46. The van der Waals surface area contributed by atoms with Gasteiger partial charge < -0.3 is 9.47 Å². The van der Waals surface area contributed by atoms with E-state index in [2.05, 4.69) is 0 Å². The van der Waals surface area contributed by atoms with Gasteiger partial charge in [-0.25, -0.2) is 4.79 Å². The fourth-order valence-corrected chi connectivity index (χ4v) is 1.95. The zero-order chi connectivity index (χ0) is 13.8. The molecule has 2 rings (SSSR count). The molecule has 2 aromatic carbocycles. The third-order valence-electron chi connectivity index (χ3n) is 2.42. The molecule has 0 saturated heterocycles. The summed E-state index contributed by atoms with van der Waals surface area (Å²) >= 11 is 11.7. The van der Waals surface area contributed by atoms with Gasteiger partial charge in [-0.3, -0.25) is 0 Å². The zero-order valence-corrected chi connectivity index (χ0v) is 11.5. The lowest BCUT2D eigenvalue weighted by molar-refractivity contribution is 0.0735. The summed E-state index contributed by atoms with van der Waals surface area (Å²) in [6.45, 7) is 0. The zero-order valence-electron chi connectivity index (χ0n) is 10.0. The summed E-state index contributed by atoms with van der Waals surface area (Å²) in [5, 5.41) is 0.719. The minimum atomic E-state index is -0.535. The quantitative estimate of drug-likeness (QED) is 0.628. The molecule has 0 bridgehead atoms. The Kier molecular flexibility index (Phi) is 4.30. The summed E-state index contributed by atoms with van der Waals surface area (Å²) in [5.41, 5.74) is 0.266. The number of hydrogen-bond donors (Lipinski definition) is 0. The van der Waals surface area contributed by atoms with Gasteiger partial charge in [0, 0.05) is 5.02 Å². The summed E-state index contributed by atoms with van der Waals surface area (Å²) in [6.07, 6.45) is 0. The highest BCUT2D eigenvalue weighted by molar-refractivity contribution is 6.36. The molecule has 0 radical (unpaired) electrons. The number of benzene rings is 2. The van der Waals surface area contributed by atoms with E-state index in [9.17, 15) is 4.79 Å². The first-order valence-corrected chi connectivity index (χ1v) is 6.17. The van der Waals surface area contributed by atoms with Crippen LogP contribution in [0.1, 0.15) is 10.4 Å². The van der Waals surface area contributed by atoms with Gasteiger partial charge in [-0.1, -0.05) is 23.2 Å². The highest BCUT2D eigenvalue weighted by Gasteiger charge is 2.13. The van der Waals surface area contributed by atoms with Crippen LogP contribution in [0.2, 0.25) is 10.0 Å². The Bertz CT molecular complexity index is 594. The Morgan fingerprint density at radius 1 is 1.00 bits per heavy atom. The van der Waals surface area contributed by atoms with Crippen molar-refractivity contribution < 1.29 is 14.3 Å². The van der Waals surface area contributed by atoms with Crippen LogP contribution in [0.4, 0.5) is 0 Å². The van der Waals surface area contributed by atoms with Crippen molar-refractivity contribution in [3.63, 3.8) is 0 Å². The van der Waals surface area contributed by atoms with Crippen LogP contribution >= 0.6 is 23.2 Å². The van der Waals surface area contributed by atoms with Gasteiger partial charge in [-0.2, -0.15) is 0 Å². The van der Waals surface area contributed by atoms with Crippen molar-refractivity contribution in [2.75, 3.05) is 7.11 Å². The maximum atomic E-state index is 11.9. The lowest BCUT2D eigenvalue weighted by Crippen LogP contribution is -2.09. The molecule has 0 fully saturated rings. The first kappa shape index (κ1) is 13.7. The van der Waals surface area contributed by atoms with Gasteiger partial charge in [0.15, 0.2) is 0 Å². The van der Waals surface area contributed by atoms with Crippen molar-refractivity contribution in [2.24, 2.45) is 0 Å². The van der Waals surface area contributed by atoms with E-state index in [1.165, 1.54) is 12.1 Å². The number of methoxy groups -OCH3 is 1. The lowest BCUT2D eigenvalue weighted by atomic mass is 10.2. The van der Waals surface area contributed by atoms with Crippen molar-refractivity contribution in [1.29, 1.82) is 0 Å². The van der Waals surface area contributed by atoms with Crippen LogP contribution in [-0.2, 0) is 0 Å². The molecule has 0 aliphatic rings. The number of carbonyl (C=O) groups excluding carboxylic acids is 1. The standard InChI is InChI=1S/C14H10Cl2O3/c1-18-10-3-5-11(6-4-10)19-14(17)12-7-2-9(15)8-13(12)16/h2-8H,1H3. The Labute approximate surface area is 120 Å². The Hall–Kier alpha value is -1.71. The predicted molar refractivity (Wildman–Crippen MR) is 74.4 cm³/mol. The lowest BCUT2D eigenvalue weighted by Gasteiger charge is -2.06. The van der Waals surface area contributed by atoms with Gasteiger partial charge >= 0.3 is 5.97 Å². The highest BCUT2D eigenvalue weighted by Crippen LogP contribution is 2.23. The maximum absolute atomic E-state index is 11.9. The van der Waals surface area contributed by atoms with E-state index in [0.29, 0.717) is 16.5 Å². The molecule has 0 N–H and O–H groups in total. The van der Waals surface area contributed by atoms with E-state index in [4.69, 9.17) is 32.7 Å². The second-order valence-corrected chi connectivity index (χ2v) is 4.53. The minimum Gasteiger partial charge on any atom is -0.497 e. The van der Waals surface area contributed by atoms with E-state index in [1.54, 1.807) is 37.4 Å². The predicted octanol–water partition coefficient (Wildman–Crippen LogP) is 4.22. The molecule has 0 aromatic heterocycles. The van der Waals surface area contributed by atoms with Gasteiger partial charge in [0.2, 0.25) is 0 Å². The van der Waals surface area contributed by atoms with E-state index >= 15 is 0 Å². The molecule has 2 aromatic rings. The average molecular weight is 297 g/mol. The first-order valence-electron chi connectivity index (χ1n) is 5.41. The summed E-state index contributed by atoms with van der Waals surface area (Å²) in [7, 11) is 1.56. The van der Waals surface area contributed by atoms with Crippen molar-refractivity contribution in [3.8, 4) is 11.5 Å². The van der Waals surface area contributed by atoms with Crippen molar-refractivity contribution in [3.05, 3.63) is 58.1 Å². The molecule has 0 aliphatic carbocycles. The smallest absolute Gasteiger partial charge is 0.345 e. The second kappa shape index (κ2) is 5.95. The highest BCUT2D eigenvalue weighted by atomic mass is 35.5. The van der Waals surface area contributed by atoms with Gasteiger partial charge in [0.25, 0.3) is 0 Å². The fraction of sp³-hybridized carbons (Fsp3) is 0.0714. The Morgan fingerprint density at radius 2 is 1.63 bits per heavy atom. The van der Waals surface area contributed by atoms with Crippen LogP contribution in [0, 0.1) is 0 Å². The molecule has 0 heterocycles. The third kappa shape index (κ3) is 3.40. The van der Waals surface area contributed by atoms with Crippen LogP contribution in [0.3, 0.4) is 0 Å². The maximum Gasteiger partial charge on any atom is 0.345 e. The van der Waals surface area contributed by atoms with Crippen LogP contribution < -0.4 is 9.47 Å². The average Bonchev–Trinajstić information content (AvgIpc) is 2.39. The molecule has 98 valence electrons. The van der Waals surface area contributed by atoms with Gasteiger partial charge in [0.1, 0.15) is 11.5 Å². The number of hydrogen-bond acceptors (Lipinski definition) is 3. The van der Waals surface area contributed by atoms with E-state index in [0.717, 1.165) is 0 Å². The summed E-state index contributed by atoms with van der Waals surface area (Å²) in [5.74, 6) is 0.563. The molecule has 3 nitrogen and oxygen atoms in total. The SMILES string of the molecule is COc1ccc(OC(=O)c2ccc(Cl)cc2Cl)cc1. The molecule has 0 saturated carbocycles. The molecule has 0 spiro atoms. The topological polar surface area (TPSA) is 35.5 Å². The third-order valence-corrected chi connectivity index (χ3v) is 2.97. The van der Waals surface area contributed by atoms with E-state index < -0.39 is 5.97 Å². The van der Waals surface area contributed by atoms with Crippen molar-refractivity contribution in [2.45, 2.75) is 0 Å². The van der Waals surface area contributed by atoms with E-state index in [1.807, 2.05) is 0 Å². The van der Waals surface area contributed by atoms with Gasteiger partial charge in [-0.05, 0) is 42.5 Å². The van der Waals surface area contributed by atoms with Gasteiger partial charge in [-0.15, -0.1) is 0 Å². The number of halogens is 2. The van der Waals surface area contributed by atoms with Gasteiger partial charge in [0.05, 0.1) is 17.7 Å². The Balaban J connectivity index is 2.15. The Morgan fingerprint density at radius 3 is 2.21 bits per heavy atom. The van der Waals surface area contributed by atoms with Crippen LogP contribution in [0.15, 0.2) is 42.5 Å². The van der Waals surface area contributed by atoms with Crippen LogP contribution in [-0.4, -0.2) is 13.1 Å². The number of carbonyl (C=O) groups is 1. The summed E-state index contributed by atoms with van der Waals surface area (Å²) in [6, 6.07) is 11.3. The molecule has 5 heteroatoms. The van der Waals surface area contributed by atoms with Crippen molar-refractivity contribution in [1.82, 2.24) is 0 Å². The normalized spacial score (nSPS) is 10.1. The number of esters is 1. The monoisotopic (exact) mass is 296 g/mol. The largest absolute Gasteiger partial charge is 0.497 e. The summed E-state index contributed by atoms with van der Waals surface area (Å²) in [4.78, 5) is 11.9. The minimum absolute atomic E-state index is 0.256. The molecular weight excluding hydrogens is 287 g/mol. The molecular formula is C14H10Cl2O3. The number of ether oxygens (including phenoxy) is 2. The summed E-state index contributed by atoms with van der Waals surface area (Å²) < 4.78 is 10.2.